The van der Waals surface area contributed by atoms with Gasteiger partial charge in [-0.25, -0.2) is 13.8 Å². The number of hydrogen-bond acceptors (Lipinski definition) is 7. The molecule has 242 valence electrons. The Bertz CT molecular complexity index is 1330. The molecule has 1 aliphatic carbocycles. The van der Waals surface area contributed by atoms with Gasteiger partial charge in [-0.2, -0.15) is 0 Å². The van der Waals surface area contributed by atoms with Crippen LogP contribution >= 0.6 is 11.9 Å². The molecule has 0 unspecified atom stereocenters. The summed E-state index contributed by atoms with van der Waals surface area (Å²) >= 11 is 2.06. The fourth-order valence-electron chi connectivity index (χ4n) is 6.56. The lowest BCUT2D eigenvalue weighted by atomic mass is 9.80. The Hall–Kier alpha value is -2.40. The standard InChI is InChI=1S/C32H45F2N7S.C2H6/c1-21(2)41-23(4)38-32-28(33)16-25(17-30(32)41)31(35-5)29(34)18-36-20-37-26-6-12-40(13-7-26)42-27-8-10-39(11-9-27)19-24-14-22(3)15-24;1-2/h16-18,21,24,26-27,37H,3,5-15,19-20H2,1-2,4H3;1-2H3/b31-29+,36-18-;. The number of allylic oxidation sites excluding steroid dienone is 2. The predicted molar refractivity (Wildman–Crippen MR) is 184 cm³/mol. The van der Waals surface area contributed by atoms with Gasteiger partial charge >= 0.3 is 0 Å². The van der Waals surface area contributed by atoms with E-state index in [2.05, 4.69) is 54.7 Å². The highest BCUT2D eigenvalue weighted by Crippen LogP contribution is 2.34. The molecule has 2 aromatic rings. The molecular weight excluding hydrogens is 576 g/mol. The number of hydrogen-bond donors (Lipinski definition) is 1. The number of fused-ring (bicyclic) bond motifs is 1. The predicted octanol–water partition coefficient (Wildman–Crippen LogP) is 7.59. The average molecular weight is 628 g/mol. The van der Waals surface area contributed by atoms with Gasteiger partial charge in [-0.15, -0.1) is 0 Å². The first-order chi connectivity index (χ1) is 21.2. The Morgan fingerprint density at radius 2 is 1.82 bits per heavy atom. The van der Waals surface area contributed by atoms with Crippen molar-refractivity contribution in [3.05, 3.63) is 47.3 Å². The van der Waals surface area contributed by atoms with Crippen LogP contribution in [-0.2, 0) is 0 Å². The zero-order valence-corrected chi connectivity index (χ0v) is 28.1. The maximum Gasteiger partial charge on any atom is 0.167 e. The summed E-state index contributed by atoms with van der Waals surface area (Å²) in [6.07, 6.45) is 8.25. The van der Waals surface area contributed by atoms with E-state index in [0.717, 1.165) is 43.3 Å². The van der Waals surface area contributed by atoms with Crippen LogP contribution in [0.15, 0.2) is 40.1 Å². The molecule has 3 fully saturated rings. The summed E-state index contributed by atoms with van der Waals surface area (Å²) in [5, 5.41) is 4.16. The van der Waals surface area contributed by atoms with E-state index in [9.17, 15) is 4.39 Å². The summed E-state index contributed by atoms with van der Waals surface area (Å²) < 4.78 is 34.5. The molecule has 0 radical (unpaired) electrons. The van der Waals surface area contributed by atoms with Crippen LogP contribution in [0.1, 0.15) is 83.6 Å². The van der Waals surface area contributed by atoms with E-state index in [-0.39, 0.29) is 17.3 Å². The monoisotopic (exact) mass is 627 g/mol. The van der Waals surface area contributed by atoms with Crippen molar-refractivity contribution in [3.63, 3.8) is 0 Å². The molecule has 0 spiro atoms. The topological polar surface area (TPSA) is 61.1 Å². The fourth-order valence-corrected chi connectivity index (χ4v) is 7.82. The van der Waals surface area contributed by atoms with Gasteiger partial charge in [-0.3, -0.25) is 19.6 Å². The van der Waals surface area contributed by atoms with Gasteiger partial charge in [-0.1, -0.05) is 37.9 Å². The lowest BCUT2D eigenvalue weighted by Crippen LogP contribution is -2.43. The van der Waals surface area contributed by atoms with E-state index in [0.29, 0.717) is 29.6 Å². The molecule has 0 atom stereocenters. The Morgan fingerprint density at radius 1 is 1.14 bits per heavy atom. The third kappa shape index (κ3) is 8.65. The van der Waals surface area contributed by atoms with Gasteiger partial charge in [0, 0.05) is 42.5 Å². The first kappa shape index (κ1) is 34.5. The molecule has 7 nitrogen and oxygen atoms in total. The maximum absolute atomic E-state index is 15.1. The van der Waals surface area contributed by atoms with Crippen LogP contribution in [0.3, 0.4) is 0 Å². The average Bonchev–Trinajstić information content (AvgIpc) is 3.34. The van der Waals surface area contributed by atoms with E-state index in [1.54, 1.807) is 6.07 Å². The van der Waals surface area contributed by atoms with E-state index in [1.165, 1.54) is 57.0 Å². The minimum Gasteiger partial charge on any atom is -0.326 e. The van der Waals surface area contributed by atoms with Crippen LogP contribution in [-0.4, -0.2) is 82.4 Å². The molecule has 1 N–H and O–H groups in total. The van der Waals surface area contributed by atoms with Crippen molar-refractivity contribution in [2.24, 2.45) is 15.9 Å². The highest BCUT2D eigenvalue weighted by Gasteiger charge is 2.28. The number of aromatic nitrogens is 2. The zero-order valence-electron chi connectivity index (χ0n) is 27.3. The van der Waals surface area contributed by atoms with Crippen molar-refractivity contribution >= 4 is 41.6 Å². The van der Waals surface area contributed by atoms with Gasteiger partial charge in [0.2, 0.25) is 0 Å². The minimum absolute atomic E-state index is 0.0289. The number of aliphatic imine (C=N–C) groups is 2. The van der Waals surface area contributed by atoms with Gasteiger partial charge in [0.05, 0.1) is 18.4 Å². The summed E-state index contributed by atoms with van der Waals surface area (Å²) in [5.41, 5.74) is 2.59. The number of likely N-dealkylation sites (tertiary alicyclic amines) is 1. The number of halogens is 2. The second kappa shape index (κ2) is 16.2. The van der Waals surface area contributed by atoms with Crippen LogP contribution in [0.5, 0.6) is 0 Å². The van der Waals surface area contributed by atoms with E-state index >= 15 is 4.39 Å². The van der Waals surface area contributed by atoms with E-state index in [1.807, 2.05) is 39.2 Å². The minimum atomic E-state index is -0.645. The maximum atomic E-state index is 15.1. The van der Waals surface area contributed by atoms with Crippen molar-refractivity contribution in [2.75, 3.05) is 39.4 Å². The molecular formula is C34H51F2N7S. The summed E-state index contributed by atoms with van der Waals surface area (Å²) in [5.74, 6) is 0.394. The summed E-state index contributed by atoms with van der Waals surface area (Å²) in [6.45, 7) is 23.5. The Labute approximate surface area is 267 Å². The summed E-state index contributed by atoms with van der Waals surface area (Å²) in [4.78, 5) is 15.1. The third-order valence-corrected chi connectivity index (χ3v) is 10.2. The highest BCUT2D eigenvalue weighted by atomic mass is 32.2. The van der Waals surface area contributed by atoms with Gasteiger partial charge in [0.15, 0.2) is 11.6 Å². The van der Waals surface area contributed by atoms with Crippen LogP contribution in [0.25, 0.3) is 16.7 Å². The quantitative estimate of drug-likeness (QED) is 0.158. The van der Waals surface area contributed by atoms with Gasteiger partial charge in [-0.05, 0) is 97.2 Å². The summed E-state index contributed by atoms with van der Waals surface area (Å²) in [7, 11) is 0. The molecule has 10 heteroatoms. The normalized spacial score (nSPS) is 20.2. The molecule has 0 bridgehead atoms. The third-order valence-electron chi connectivity index (χ3n) is 8.73. The SMILES string of the molecule is C=N/C(=C(F)\C=N/CNC1CCN(SC2CCN(CC3CC(=C)C3)CC2)CC1)c1cc(F)c2nc(C)n(C(C)C)c2c1.CC. The smallest absolute Gasteiger partial charge is 0.167 e. The van der Waals surface area contributed by atoms with Crippen molar-refractivity contribution in [1.82, 2.24) is 24.1 Å². The molecule has 3 aliphatic rings. The Morgan fingerprint density at radius 3 is 2.43 bits per heavy atom. The first-order valence-electron chi connectivity index (χ1n) is 16.3. The Kier molecular flexibility index (Phi) is 12.7. The number of benzene rings is 1. The molecule has 2 saturated heterocycles. The van der Waals surface area contributed by atoms with Crippen LogP contribution in [0.2, 0.25) is 0 Å². The molecule has 3 heterocycles. The number of aryl methyl sites for hydroxylation is 1. The van der Waals surface area contributed by atoms with E-state index in [4.69, 9.17) is 0 Å². The van der Waals surface area contributed by atoms with Crippen molar-refractivity contribution in [1.29, 1.82) is 0 Å². The fraction of sp³-hybridized carbons (Fsp3) is 0.618. The highest BCUT2D eigenvalue weighted by molar-refractivity contribution is 7.97. The lowest BCUT2D eigenvalue weighted by Gasteiger charge is -2.39. The molecule has 1 aromatic carbocycles. The molecule has 2 aliphatic heterocycles. The first-order valence-corrected chi connectivity index (χ1v) is 17.1. The largest absolute Gasteiger partial charge is 0.326 e. The zero-order chi connectivity index (χ0) is 31.8. The lowest BCUT2D eigenvalue weighted by molar-refractivity contribution is 0.180. The van der Waals surface area contributed by atoms with Crippen LogP contribution in [0, 0.1) is 18.7 Å². The second-order valence-electron chi connectivity index (χ2n) is 12.3. The second-order valence-corrected chi connectivity index (χ2v) is 13.7. The van der Waals surface area contributed by atoms with Crippen LogP contribution < -0.4 is 5.32 Å². The van der Waals surface area contributed by atoms with Crippen molar-refractivity contribution in [3.8, 4) is 0 Å². The van der Waals surface area contributed by atoms with Gasteiger partial charge in [0.1, 0.15) is 17.0 Å². The number of rotatable bonds is 11. The molecule has 1 saturated carbocycles. The van der Waals surface area contributed by atoms with Gasteiger partial charge < -0.3 is 9.47 Å². The van der Waals surface area contributed by atoms with Crippen LogP contribution in [0.4, 0.5) is 8.78 Å². The van der Waals surface area contributed by atoms with Gasteiger partial charge in [0.25, 0.3) is 0 Å². The Balaban J connectivity index is 0.00000216. The number of nitrogens with zero attached hydrogens (tertiary/aromatic N) is 6. The van der Waals surface area contributed by atoms with E-state index < -0.39 is 11.6 Å². The molecule has 1 aromatic heterocycles. The summed E-state index contributed by atoms with van der Waals surface area (Å²) in [6, 6.07) is 3.42. The molecule has 44 heavy (non-hydrogen) atoms. The molecule has 5 rings (SSSR count). The number of piperidine rings is 2. The number of imidazole rings is 1. The van der Waals surface area contributed by atoms with Crippen molar-refractivity contribution < 1.29 is 8.78 Å². The number of nitrogens with one attached hydrogen (secondary N) is 1. The molecule has 0 amide bonds. The van der Waals surface area contributed by atoms with Crippen molar-refractivity contribution in [2.45, 2.75) is 90.5 Å².